The van der Waals surface area contributed by atoms with Crippen LogP contribution in [-0.2, 0) is 11.2 Å². The standard InChI is InChI=1S/C12H14F2N2O2/c13-12(14,7-17)6-15-11(18)10-5-8-3-1-2-4-9(8)16-10/h1-4,10,16-17H,5-7H2,(H,15,18). The number of fused-ring (bicyclic) bond motifs is 1. The summed E-state index contributed by atoms with van der Waals surface area (Å²) in [6.45, 7) is -2.12. The second-order valence-corrected chi connectivity index (χ2v) is 4.29. The van der Waals surface area contributed by atoms with Gasteiger partial charge in [-0.15, -0.1) is 0 Å². The lowest BCUT2D eigenvalue weighted by molar-refractivity contribution is -0.124. The highest BCUT2D eigenvalue weighted by Crippen LogP contribution is 2.25. The predicted octanol–water partition coefficient (Wildman–Crippen LogP) is 0.767. The molecule has 1 amide bonds. The minimum Gasteiger partial charge on any atom is -0.390 e. The van der Waals surface area contributed by atoms with Crippen LogP contribution in [0.4, 0.5) is 14.5 Å². The van der Waals surface area contributed by atoms with E-state index in [1.165, 1.54) is 0 Å². The number of carbonyl (C=O) groups excluding carboxylic acids is 1. The quantitative estimate of drug-likeness (QED) is 0.745. The van der Waals surface area contributed by atoms with Crippen molar-refractivity contribution >= 4 is 11.6 Å². The monoisotopic (exact) mass is 256 g/mol. The summed E-state index contributed by atoms with van der Waals surface area (Å²) in [5.41, 5.74) is 1.85. The van der Waals surface area contributed by atoms with Crippen molar-refractivity contribution in [3.63, 3.8) is 0 Å². The summed E-state index contributed by atoms with van der Waals surface area (Å²) >= 11 is 0. The van der Waals surface area contributed by atoms with Crippen molar-refractivity contribution in [3.05, 3.63) is 29.8 Å². The second-order valence-electron chi connectivity index (χ2n) is 4.29. The Morgan fingerprint density at radius 1 is 1.50 bits per heavy atom. The van der Waals surface area contributed by atoms with Crippen molar-refractivity contribution in [2.45, 2.75) is 18.4 Å². The first-order valence-electron chi connectivity index (χ1n) is 5.63. The van der Waals surface area contributed by atoms with Gasteiger partial charge in [0.2, 0.25) is 5.91 Å². The molecule has 2 rings (SSSR count). The number of aliphatic hydroxyl groups excluding tert-OH is 1. The topological polar surface area (TPSA) is 61.4 Å². The van der Waals surface area contributed by atoms with Gasteiger partial charge in [-0.25, -0.2) is 8.78 Å². The maximum absolute atomic E-state index is 12.8. The summed E-state index contributed by atoms with van der Waals surface area (Å²) in [5, 5.41) is 13.5. The molecule has 3 N–H and O–H groups in total. The van der Waals surface area contributed by atoms with Gasteiger partial charge in [-0.3, -0.25) is 4.79 Å². The highest BCUT2D eigenvalue weighted by molar-refractivity contribution is 5.87. The van der Waals surface area contributed by atoms with E-state index in [1.54, 1.807) is 0 Å². The minimum absolute atomic E-state index is 0.479. The molecule has 0 aromatic heterocycles. The maximum atomic E-state index is 12.8. The highest BCUT2D eigenvalue weighted by Gasteiger charge is 2.31. The van der Waals surface area contributed by atoms with Gasteiger partial charge in [-0.1, -0.05) is 18.2 Å². The lowest BCUT2D eigenvalue weighted by Gasteiger charge is -2.16. The van der Waals surface area contributed by atoms with Gasteiger partial charge in [0.25, 0.3) is 5.92 Å². The molecular formula is C12H14F2N2O2. The molecule has 4 nitrogen and oxygen atoms in total. The molecule has 6 heteroatoms. The SMILES string of the molecule is O=C(NCC(F)(F)CO)C1Cc2ccccc2N1. The Morgan fingerprint density at radius 2 is 2.22 bits per heavy atom. The van der Waals surface area contributed by atoms with Crippen LogP contribution in [0, 0.1) is 0 Å². The van der Waals surface area contributed by atoms with Crippen LogP contribution in [0.25, 0.3) is 0 Å². The number of carbonyl (C=O) groups is 1. The van der Waals surface area contributed by atoms with Gasteiger partial charge in [-0.05, 0) is 11.6 Å². The average Bonchev–Trinajstić information content (AvgIpc) is 2.80. The van der Waals surface area contributed by atoms with Gasteiger partial charge < -0.3 is 15.7 Å². The van der Waals surface area contributed by atoms with Crippen molar-refractivity contribution < 1.29 is 18.7 Å². The van der Waals surface area contributed by atoms with E-state index in [2.05, 4.69) is 10.6 Å². The Morgan fingerprint density at radius 3 is 2.89 bits per heavy atom. The number of hydrogen-bond donors (Lipinski definition) is 3. The molecule has 1 unspecified atom stereocenters. The molecule has 1 atom stereocenters. The van der Waals surface area contributed by atoms with E-state index >= 15 is 0 Å². The number of nitrogens with one attached hydrogen (secondary N) is 2. The third-order valence-corrected chi connectivity index (χ3v) is 2.84. The van der Waals surface area contributed by atoms with Crippen LogP contribution in [0.15, 0.2) is 24.3 Å². The Bertz CT molecular complexity index is 426. The molecular weight excluding hydrogens is 242 g/mol. The normalized spacial score (nSPS) is 18.1. The van der Waals surface area contributed by atoms with Gasteiger partial charge in [0.1, 0.15) is 12.6 Å². The Balaban J connectivity index is 1.90. The zero-order valence-electron chi connectivity index (χ0n) is 9.62. The van der Waals surface area contributed by atoms with Gasteiger partial charge in [-0.2, -0.15) is 0 Å². The van der Waals surface area contributed by atoms with Crippen LogP contribution in [0.2, 0.25) is 0 Å². The molecule has 1 aliphatic rings. The van der Waals surface area contributed by atoms with Crippen LogP contribution in [0.3, 0.4) is 0 Å². The predicted molar refractivity (Wildman–Crippen MR) is 62.6 cm³/mol. The van der Waals surface area contributed by atoms with Crippen molar-refractivity contribution in [2.24, 2.45) is 0 Å². The molecule has 0 aliphatic carbocycles. The first-order chi connectivity index (χ1) is 8.52. The van der Waals surface area contributed by atoms with Crippen LogP contribution >= 0.6 is 0 Å². The zero-order valence-corrected chi connectivity index (χ0v) is 9.62. The number of halogens is 2. The largest absolute Gasteiger partial charge is 0.390 e. The highest BCUT2D eigenvalue weighted by atomic mass is 19.3. The summed E-state index contributed by atoms with van der Waals surface area (Å²) in [4.78, 5) is 11.7. The third kappa shape index (κ3) is 2.76. The summed E-state index contributed by atoms with van der Waals surface area (Å²) in [7, 11) is 0. The van der Waals surface area contributed by atoms with Crippen molar-refractivity contribution in [3.8, 4) is 0 Å². The van der Waals surface area contributed by atoms with Crippen molar-refractivity contribution in [1.82, 2.24) is 5.32 Å². The first kappa shape index (κ1) is 12.8. The fourth-order valence-corrected chi connectivity index (χ4v) is 1.85. The number of amides is 1. The molecule has 0 saturated carbocycles. The Labute approximate surface area is 103 Å². The number of alkyl halides is 2. The van der Waals surface area contributed by atoms with Crippen LogP contribution < -0.4 is 10.6 Å². The van der Waals surface area contributed by atoms with E-state index in [9.17, 15) is 13.6 Å². The molecule has 0 radical (unpaired) electrons. The molecule has 1 aromatic rings. The fourth-order valence-electron chi connectivity index (χ4n) is 1.85. The zero-order chi connectivity index (χ0) is 13.2. The van der Waals surface area contributed by atoms with E-state index in [4.69, 9.17) is 5.11 Å². The molecule has 1 aliphatic heterocycles. The van der Waals surface area contributed by atoms with Crippen LogP contribution in [0.5, 0.6) is 0 Å². The summed E-state index contributed by atoms with van der Waals surface area (Å²) < 4.78 is 25.6. The Hall–Kier alpha value is -1.69. The van der Waals surface area contributed by atoms with Crippen molar-refractivity contribution in [2.75, 3.05) is 18.5 Å². The third-order valence-electron chi connectivity index (χ3n) is 2.84. The van der Waals surface area contributed by atoms with Crippen LogP contribution in [-0.4, -0.2) is 36.1 Å². The molecule has 98 valence electrons. The van der Waals surface area contributed by atoms with Gasteiger partial charge in [0.05, 0.1) is 6.54 Å². The summed E-state index contributed by atoms with van der Waals surface area (Å²) in [5.74, 6) is -3.76. The lowest BCUT2D eigenvalue weighted by atomic mass is 10.1. The number of rotatable bonds is 4. The molecule has 0 spiro atoms. The van der Waals surface area contributed by atoms with E-state index in [1.807, 2.05) is 24.3 Å². The Kier molecular flexibility index (Phi) is 3.47. The number of benzene rings is 1. The number of hydrogen-bond acceptors (Lipinski definition) is 3. The molecule has 0 fully saturated rings. The summed E-state index contributed by atoms with van der Waals surface area (Å²) in [6, 6.07) is 6.90. The van der Waals surface area contributed by atoms with E-state index < -0.39 is 31.0 Å². The fraction of sp³-hybridized carbons (Fsp3) is 0.417. The average molecular weight is 256 g/mol. The van der Waals surface area contributed by atoms with Crippen LogP contribution in [0.1, 0.15) is 5.56 Å². The molecule has 0 saturated heterocycles. The lowest BCUT2D eigenvalue weighted by Crippen LogP contribution is -2.45. The smallest absolute Gasteiger partial charge is 0.287 e. The molecule has 1 heterocycles. The van der Waals surface area contributed by atoms with Gasteiger partial charge in [0, 0.05) is 12.1 Å². The van der Waals surface area contributed by atoms with E-state index in [-0.39, 0.29) is 0 Å². The molecule has 1 aromatic carbocycles. The minimum atomic E-state index is -3.28. The molecule has 0 bridgehead atoms. The second kappa shape index (κ2) is 4.89. The molecule has 18 heavy (non-hydrogen) atoms. The summed E-state index contributed by atoms with van der Waals surface area (Å²) in [6.07, 6.45) is 0.479. The van der Waals surface area contributed by atoms with Crippen molar-refractivity contribution in [1.29, 1.82) is 0 Å². The van der Waals surface area contributed by atoms with E-state index in [0.29, 0.717) is 6.42 Å². The number of aliphatic hydroxyl groups is 1. The van der Waals surface area contributed by atoms with E-state index in [0.717, 1.165) is 11.3 Å². The maximum Gasteiger partial charge on any atom is 0.287 e. The number of para-hydroxylation sites is 1. The van der Waals surface area contributed by atoms with Gasteiger partial charge >= 0.3 is 0 Å². The van der Waals surface area contributed by atoms with Gasteiger partial charge in [0.15, 0.2) is 0 Å². The first-order valence-corrected chi connectivity index (χ1v) is 5.63. The number of anilines is 1.